The predicted molar refractivity (Wildman–Crippen MR) is 59.5 cm³/mol. The smallest absolute Gasteiger partial charge is 0.164 e. The van der Waals surface area contributed by atoms with Gasteiger partial charge >= 0.3 is 0 Å². The first kappa shape index (κ1) is 11.1. The molecule has 0 saturated heterocycles. The number of rotatable bonds is 3. The third kappa shape index (κ3) is 1.80. The largest absolute Gasteiger partial charge is 0.493 e. The Hall–Kier alpha value is -1.42. The summed E-state index contributed by atoms with van der Waals surface area (Å²) in [4.78, 5) is 0. The summed E-state index contributed by atoms with van der Waals surface area (Å²) in [5.41, 5.74) is 0.992. The van der Waals surface area contributed by atoms with Crippen molar-refractivity contribution in [3.63, 3.8) is 0 Å². The molecule has 1 N–H and O–H groups in total. The summed E-state index contributed by atoms with van der Waals surface area (Å²) in [6, 6.07) is 3.70. The van der Waals surface area contributed by atoms with Crippen molar-refractivity contribution >= 4 is 0 Å². The average Bonchev–Trinajstić information content (AvgIpc) is 2.36. The van der Waals surface area contributed by atoms with Gasteiger partial charge in [-0.25, -0.2) is 0 Å². The van der Waals surface area contributed by atoms with Gasteiger partial charge in [-0.3, -0.25) is 0 Å². The number of aliphatic hydroxyl groups is 1. The van der Waals surface area contributed by atoms with Crippen LogP contribution in [0.15, 0.2) is 12.1 Å². The topological polar surface area (TPSA) is 47.9 Å². The summed E-state index contributed by atoms with van der Waals surface area (Å²) in [7, 11) is 3.19. The first-order chi connectivity index (χ1) is 7.80. The first-order valence-corrected chi connectivity index (χ1v) is 5.29. The van der Waals surface area contributed by atoms with Crippen LogP contribution >= 0.6 is 0 Å². The van der Waals surface area contributed by atoms with Crippen molar-refractivity contribution in [2.45, 2.75) is 12.3 Å². The Balaban J connectivity index is 2.46. The van der Waals surface area contributed by atoms with Crippen LogP contribution in [0.1, 0.15) is 17.9 Å². The maximum atomic E-state index is 9.30. The fraction of sp³-hybridized carbons (Fsp3) is 0.500. The van der Waals surface area contributed by atoms with Gasteiger partial charge in [0.2, 0.25) is 0 Å². The van der Waals surface area contributed by atoms with E-state index in [1.54, 1.807) is 14.2 Å². The molecule has 0 saturated carbocycles. The van der Waals surface area contributed by atoms with E-state index in [0.29, 0.717) is 18.1 Å². The third-order valence-electron chi connectivity index (χ3n) is 2.90. The molecule has 1 heterocycles. The summed E-state index contributed by atoms with van der Waals surface area (Å²) in [5.74, 6) is 2.23. The van der Waals surface area contributed by atoms with E-state index >= 15 is 0 Å². The van der Waals surface area contributed by atoms with Gasteiger partial charge in [0.25, 0.3) is 0 Å². The highest BCUT2D eigenvalue weighted by Crippen LogP contribution is 2.41. The zero-order chi connectivity index (χ0) is 11.5. The molecule has 88 valence electrons. The molecule has 1 aromatic rings. The average molecular weight is 224 g/mol. The SMILES string of the molecule is COc1cc2c(cc1OC)C(CO)CCO2. The molecule has 0 amide bonds. The second-order valence-electron chi connectivity index (χ2n) is 3.76. The molecule has 4 heteroatoms. The fourth-order valence-corrected chi connectivity index (χ4v) is 1.98. The van der Waals surface area contributed by atoms with E-state index in [2.05, 4.69) is 0 Å². The van der Waals surface area contributed by atoms with Gasteiger partial charge in [-0.1, -0.05) is 0 Å². The molecule has 0 radical (unpaired) electrons. The number of benzene rings is 1. The lowest BCUT2D eigenvalue weighted by molar-refractivity contribution is 0.203. The van der Waals surface area contributed by atoms with Crippen LogP contribution in [0.5, 0.6) is 17.2 Å². The summed E-state index contributed by atoms with van der Waals surface area (Å²) in [6.07, 6.45) is 0.832. The second-order valence-corrected chi connectivity index (χ2v) is 3.76. The van der Waals surface area contributed by atoms with E-state index in [1.807, 2.05) is 12.1 Å². The van der Waals surface area contributed by atoms with Crippen molar-refractivity contribution < 1.29 is 19.3 Å². The molecule has 1 aliphatic heterocycles. The molecule has 1 unspecified atom stereocenters. The van der Waals surface area contributed by atoms with Crippen molar-refractivity contribution in [1.29, 1.82) is 0 Å². The lowest BCUT2D eigenvalue weighted by Crippen LogP contribution is -2.17. The molecule has 0 fully saturated rings. The van der Waals surface area contributed by atoms with Crippen molar-refractivity contribution in [2.24, 2.45) is 0 Å². The minimum Gasteiger partial charge on any atom is -0.493 e. The van der Waals surface area contributed by atoms with E-state index < -0.39 is 0 Å². The van der Waals surface area contributed by atoms with Crippen LogP contribution in [0.25, 0.3) is 0 Å². The summed E-state index contributed by atoms with van der Waals surface area (Å²) < 4.78 is 16.0. The molecule has 1 aromatic carbocycles. The van der Waals surface area contributed by atoms with Gasteiger partial charge in [-0.05, 0) is 12.5 Å². The van der Waals surface area contributed by atoms with Crippen LogP contribution in [0.4, 0.5) is 0 Å². The number of hydrogen-bond acceptors (Lipinski definition) is 4. The number of methoxy groups -OCH3 is 2. The van der Waals surface area contributed by atoms with Gasteiger partial charge < -0.3 is 19.3 Å². The Morgan fingerprint density at radius 2 is 2.00 bits per heavy atom. The minimum absolute atomic E-state index is 0.128. The molecule has 16 heavy (non-hydrogen) atoms. The Kier molecular flexibility index (Phi) is 3.19. The standard InChI is InChI=1S/C12H16O4/c1-14-11-5-9-8(7-13)3-4-16-10(9)6-12(11)15-2/h5-6,8,13H,3-4,7H2,1-2H3. The zero-order valence-corrected chi connectivity index (χ0v) is 9.53. The van der Waals surface area contributed by atoms with Crippen LogP contribution in [0.2, 0.25) is 0 Å². The third-order valence-corrected chi connectivity index (χ3v) is 2.90. The number of aliphatic hydroxyl groups excluding tert-OH is 1. The van der Waals surface area contributed by atoms with Crippen LogP contribution < -0.4 is 14.2 Å². The molecule has 0 bridgehead atoms. The molecule has 0 spiro atoms. The maximum Gasteiger partial charge on any atom is 0.164 e. The number of fused-ring (bicyclic) bond motifs is 1. The Morgan fingerprint density at radius 1 is 1.31 bits per heavy atom. The summed E-state index contributed by atoms with van der Waals surface area (Å²) >= 11 is 0. The number of hydrogen-bond donors (Lipinski definition) is 1. The predicted octanol–water partition coefficient (Wildman–Crippen LogP) is 1.56. The molecular weight excluding hydrogens is 208 g/mol. The summed E-state index contributed by atoms with van der Waals surface area (Å²) in [6.45, 7) is 0.763. The van der Waals surface area contributed by atoms with Crippen LogP contribution in [-0.4, -0.2) is 32.5 Å². The molecule has 1 aliphatic rings. The summed E-state index contributed by atoms with van der Waals surface area (Å²) in [5, 5.41) is 9.30. The van der Waals surface area contributed by atoms with Crippen molar-refractivity contribution in [3.05, 3.63) is 17.7 Å². The minimum atomic E-state index is 0.128. The highest BCUT2D eigenvalue weighted by Gasteiger charge is 2.23. The van der Waals surface area contributed by atoms with Gasteiger partial charge in [0.05, 0.1) is 27.4 Å². The zero-order valence-electron chi connectivity index (χ0n) is 9.53. The van der Waals surface area contributed by atoms with E-state index in [1.165, 1.54) is 0 Å². The van der Waals surface area contributed by atoms with Crippen molar-refractivity contribution in [1.82, 2.24) is 0 Å². The molecule has 0 aliphatic carbocycles. The van der Waals surface area contributed by atoms with Crippen molar-refractivity contribution in [3.8, 4) is 17.2 Å². The van der Waals surface area contributed by atoms with Gasteiger partial charge in [0.15, 0.2) is 11.5 Å². The Labute approximate surface area is 94.8 Å². The lowest BCUT2D eigenvalue weighted by atomic mass is 9.93. The van der Waals surface area contributed by atoms with E-state index in [9.17, 15) is 5.11 Å². The normalized spacial score (nSPS) is 18.6. The first-order valence-electron chi connectivity index (χ1n) is 5.29. The van der Waals surface area contributed by atoms with Crippen LogP contribution in [0.3, 0.4) is 0 Å². The maximum absolute atomic E-state index is 9.30. The van der Waals surface area contributed by atoms with Crippen LogP contribution in [0, 0.1) is 0 Å². The van der Waals surface area contributed by atoms with Gasteiger partial charge in [0, 0.05) is 17.5 Å². The van der Waals surface area contributed by atoms with Gasteiger partial charge in [-0.15, -0.1) is 0 Å². The molecule has 1 atom stereocenters. The highest BCUT2D eigenvalue weighted by atomic mass is 16.5. The number of ether oxygens (including phenoxy) is 3. The lowest BCUT2D eigenvalue weighted by Gasteiger charge is -2.25. The second kappa shape index (κ2) is 4.61. The van der Waals surface area contributed by atoms with Gasteiger partial charge in [-0.2, -0.15) is 0 Å². The highest BCUT2D eigenvalue weighted by molar-refractivity contribution is 5.52. The Bertz CT molecular complexity index is 376. The molecule has 2 rings (SSSR count). The fourth-order valence-electron chi connectivity index (χ4n) is 1.98. The van der Waals surface area contributed by atoms with Crippen molar-refractivity contribution in [2.75, 3.05) is 27.4 Å². The molecule has 0 aromatic heterocycles. The Morgan fingerprint density at radius 3 is 2.62 bits per heavy atom. The van der Waals surface area contributed by atoms with E-state index in [-0.39, 0.29) is 12.5 Å². The van der Waals surface area contributed by atoms with Crippen LogP contribution in [-0.2, 0) is 0 Å². The quantitative estimate of drug-likeness (QED) is 0.846. The molecular formula is C12H16O4. The van der Waals surface area contributed by atoms with Gasteiger partial charge in [0.1, 0.15) is 5.75 Å². The molecule has 4 nitrogen and oxygen atoms in total. The monoisotopic (exact) mass is 224 g/mol. The van der Waals surface area contributed by atoms with E-state index in [0.717, 1.165) is 17.7 Å². The van der Waals surface area contributed by atoms with E-state index in [4.69, 9.17) is 14.2 Å².